The van der Waals surface area contributed by atoms with Crippen molar-refractivity contribution in [3.05, 3.63) is 35.3 Å². The van der Waals surface area contributed by atoms with Crippen LogP contribution in [0.2, 0.25) is 0 Å². The molecule has 0 spiro atoms. The summed E-state index contributed by atoms with van der Waals surface area (Å²) in [6.45, 7) is 0.972. The highest BCUT2D eigenvalue weighted by Crippen LogP contribution is 2.22. The van der Waals surface area contributed by atoms with E-state index in [0.717, 1.165) is 28.9 Å². The summed E-state index contributed by atoms with van der Waals surface area (Å²) in [6.07, 6.45) is 9.96. The van der Waals surface area contributed by atoms with E-state index in [-0.39, 0.29) is 0 Å². The second-order valence-corrected chi connectivity index (χ2v) is 4.95. The molecule has 4 heteroatoms. The average molecular weight is 245 g/mol. The molecule has 0 saturated heterocycles. The summed E-state index contributed by atoms with van der Waals surface area (Å²) < 4.78 is 2.92. The highest BCUT2D eigenvalue weighted by atomic mass is 32.1. The van der Waals surface area contributed by atoms with Crippen LogP contribution in [0.1, 0.15) is 19.3 Å². The Balaban J connectivity index is 1.96. The molecule has 0 aliphatic heterocycles. The molecule has 1 aliphatic rings. The third-order valence-electron chi connectivity index (χ3n) is 3.35. The number of rotatable bonds is 2. The summed E-state index contributed by atoms with van der Waals surface area (Å²) in [5.74, 6) is 0.688. The van der Waals surface area contributed by atoms with Gasteiger partial charge < -0.3 is 9.55 Å². The lowest BCUT2D eigenvalue weighted by Gasteiger charge is -2.18. The monoisotopic (exact) mass is 245 g/mol. The van der Waals surface area contributed by atoms with Crippen LogP contribution in [0.4, 0.5) is 0 Å². The molecule has 1 unspecified atom stereocenters. The van der Waals surface area contributed by atoms with Gasteiger partial charge in [0.15, 0.2) is 10.4 Å². The van der Waals surface area contributed by atoms with Gasteiger partial charge in [0.1, 0.15) is 0 Å². The molecular formula is C13H15N3S. The molecule has 3 nitrogen and oxygen atoms in total. The molecule has 3 rings (SSSR count). The lowest BCUT2D eigenvalue weighted by Crippen LogP contribution is -2.12. The Morgan fingerprint density at radius 3 is 3.24 bits per heavy atom. The average Bonchev–Trinajstić information content (AvgIpc) is 2.68. The van der Waals surface area contributed by atoms with Crippen molar-refractivity contribution in [3.8, 4) is 0 Å². The first-order valence-corrected chi connectivity index (χ1v) is 6.44. The van der Waals surface area contributed by atoms with E-state index in [2.05, 4.69) is 26.7 Å². The van der Waals surface area contributed by atoms with Gasteiger partial charge in [-0.25, -0.2) is 4.98 Å². The summed E-state index contributed by atoms with van der Waals surface area (Å²) >= 11 is 5.37. The van der Waals surface area contributed by atoms with Crippen LogP contribution in [0.3, 0.4) is 0 Å². The van der Waals surface area contributed by atoms with Crippen molar-refractivity contribution >= 4 is 23.4 Å². The molecule has 2 aromatic rings. The van der Waals surface area contributed by atoms with Crippen molar-refractivity contribution in [1.82, 2.24) is 14.5 Å². The van der Waals surface area contributed by atoms with Crippen LogP contribution in [0.5, 0.6) is 0 Å². The molecule has 1 atom stereocenters. The maximum Gasteiger partial charge on any atom is 0.179 e. The fraction of sp³-hybridized carbons (Fsp3) is 0.385. The smallest absolute Gasteiger partial charge is 0.179 e. The van der Waals surface area contributed by atoms with E-state index >= 15 is 0 Å². The maximum atomic E-state index is 5.37. The number of aromatic nitrogens is 3. The molecule has 0 fully saturated rings. The number of fused-ring (bicyclic) bond motifs is 1. The van der Waals surface area contributed by atoms with Gasteiger partial charge in [0.2, 0.25) is 0 Å². The fourth-order valence-electron chi connectivity index (χ4n) is 2.44. The minimum absolute atomic E-state index is 0.688. The Kier molecular flexibility index (Phi) is 2.81. The van der Waals surface area contributed by atoms with Crippen molar-refractivity contribution in [3.63, 3.8) is 0 Å². The van der Waals surface area contributed by atoms with Crippen LogP contribution in [-0.2, 0) is 6.54 Å². The first-order valence-electron chi connectivity index (χ1n) is 6.03. The van der Waals surface area contributed by atoms with E-state index in [0.29, 0.717) is 5.92 Å². The predicted molar refractivity (Wildman–Crippen MR) is 71.4 cm³/mol. The second kappa shape index (κ2) is 4.45. The molecule has 0 saturated carbocycles. The van der Waals surface area contributed by atoms with Gasteiger partial charge in [-0.05, 0) is 49.5 Å². The second-order valence-electron chi connectivity index (χ2n) is 4.57. The van der Waals surface area contributed by atoms with E-state index in [1.807, 2.05) is 18.3 Å². The minimum Gasteiger partial charge on any atom is -0.329 e. The van der Waals surface area contributed by atoms with Crippen molar-refractivity contribution in [2.24, 2.45) is 5.92 Å². The number of allylic oxidation sites excluding steroid dienone is 2. The van der Waals surface area contributed by atoms with Gasteiger partial charge in [0, 0.05) is 12.7 Å². The summed E-state index contributed by atoms with van der Waals surface area (Å²) in [4.78, 5) is 7.63. The standard InChI is InChI=1S/C13H15N3S/c17-13-15-11-7-4-8-14-12(11)16(13)9-10-5-2-1-3-6-10/h1-2,4,7-8,10H,3,5-6,9H2,(H,15,17). The van der Waals surface area contributed by atoms with Crippen molar-refractivity contribution in [1.29, 1.82) is 0 Å². The lowest BCUT2D eigenvalue weighted by molar-refractivity contribution is 0.412. The minimum atomic E-state index is 0.688. The quantitative estimate of drug-likeness (QED) is 0.649. The third-order valence-corrected chi connectivity index (χ3v) is 3.67. The molecule has 1 aliphatic carbocycles. The Labute approximate surface area is 105 Å². The Hall–Kier alpha value is -1.42. The molecule has 0 aromatic carbocycles. The molecule has 2 heterocycles. The van der Waals surface area contributed by atoms with E-state index in [4.69, 9.17) is 12.2 Å². The number of nitrogens with zero attached hydrogens (tertiary/aromatic N) is 2. The van der Waals surface area contributed by atoms with Crippen LogP contribution in [0.25, 0.3) is 11.2 Å². The molecular weight excluding hydrogens is 230 g/mol. The number of pyridine rings is 1. The van der Waals surface area contributed by atoms with Crippen molar-refractivity contribution in [2.75, 3.05) is 0 Å². The number of hydrogen-bond acceptors (Lipinski definition) is 2. The zero-order valence-corrected chi connectivity index (χ0v) is 10.4. The molecule has 1 N–H and O–H groups in total. The van der Waals surface area contributed by atoms with Crippen molar-refractivity contribution < 1.29 is 0 Å². The topological polar surface area (TPSA) is 33.6 Å². The van der Waals surface area contributed by atoms with E-state index in [1.165, 1.54) is 12.8 Å². The first-order chi connectivity index (χ1) is 8.34. The SMILES string of the molecule is S=c1[nH]c2cccnc2n1CC1CC=CCC1. The van der Waals surface area contributed by atoms with E-state index in [1.54, 1.807) is 0 Å². The summed E-state index contributed by atoms with van der Waals surface area (Å²) in [7, 11) is 0. The van der Waals surface area contributed by atoms with Crippen LogP contribution in [0.15, 0.2) is 30.5 Å². The maximum absolute atomic E-state index is 5.37. The van der Waals surface area contributed by atoms with Gasteiger partial charge in [0.25, 0.3) is 0 Å². The third kappa shape index (κ3) is 2.05. The van der Waals surface area contributed by atoms with Crippen LogP contribution >= 0.6 is 12.2 Å². The number of nitrogens with one attached hydrogen (secondary N) is 1. The summed E-state index contributed by atoms with van der Waals surface area (Å²) in [6, 6.07) is 3.96. The number of imidazole rings is 1. The highest BCUT2D eigenvalue weighted by molar-refractivity contribution is 7.71. The number of H-pyrrole nitrogens is 1. The molecule has 2 aromatic heterocycles. The van der Waals surface area contributed by atoms with Gasteiger partial charge in [-0.15, -0.1) is 0 Å². The van der Waals surface area contributed by atoms with Gasteiger partial charge >= 0.3 is 0 Å². The zero-order valence-electron chi connectivity index (χ0n) is 9.60. The predicted octanol–water partition coefficient (Wildman–Crippen LogP) is 3.45. The van der Waals surface area contributed by atoms with Gasteiger partial charge in [-0.2, -0.15) is 0 Å². The summed E-state index contributed by atoms with van der Waals surface area (Å²) in [5.41, 5.74) is 2.01. The van der Waals surface area contributed by atoms with Gasteiger partial charge in [-0.1, -0.05) is 12.2 Å². The molecule has 17 heavy (non-hydrogen) atoms. The highest BCUT2D eigenvalue weighted by Gasteiger charge is 2.13. The Morgan fingerprint density at radius 2 is 2.41 bits per heavy atom. The largest absolute Gasteiger partial charge is 0.329 e. The first kappa shape index (κ1) is 10.7. The summed E-state index contributed by atoms with van der Waals surface area (Å²) in [5, 5.41) is 0. The zero-order chi connectivity index (χ0) is 11.7. The molecule has 0 bridgehead atoms. The number of hydrogen-bond donors (Lipinski definition) is 1. The van der Waals surface area contributed by atoms with Crippen LogP contribution in [0, 0.1) is 10.7 Å². The number of aromatic amines is 1. The fourth-order valence-corrected chi connectivity index (χ4v) is 2.71. The van der Waals surface area contributed by atoms with Crippen LogP contribution < -0.4 is 0 Å². The van der Waals surface area contributed by atoms with Gasteiger partial charge in [-0.3, -0.25) is 0 Å². The Bertz CT molecular complexity index is 608. The van der Waals surface area contributed by atoms with Crippen LogP contribution in [-0.4, -0.2) is 14.5 Å². The molecule has 88 valence electrons. The molecule has 0 amide bonds. The van der Waals surface area contributed by atoms with Crippen molar-refractivity contribution in [2.45, 2.75) is 25.8 Å². The van der Waals surface area contributed by atoms with E-state index < -0.39 is 0 Å². The van der Waals surface area contributed by atoms with Gasteiger partial charge in [0.05, 0.1) is 5.52 Å². The van der Waals surface area contributed by atoms with E-state index in [9.17, 15) is 0 Å². The Morgan fingerprint density at radius 1 is 1.47 bits per heavy atom. The lowest BCUT2D eigenvalue weighted by atomic mass is 9.94. The molecule has 0 radical (unpaired) electrons. The normalized spacial score (nSPS) is 19.9.